The van der Waals surface area contributed by atoms with Crippen molar-refractivity contribution in [1.29, 1.82) is 5.41 Å². The number of benzene rings is 3. The number of hydrogen-bond donors (Lipinski definition) is 2. The lowest BCUT2D eigenvalue weighted by molar-refractivity contribution is -0.274. The Morgan fingerprint density at radius 2 is 1.72 bits per heavy atom. The minimum atomic E-state index is -4.76. The fourth-order valence-corrected chi connectivity index (χ4v) is 4.37. The van der Waals surface area contributed by atoms with Gasteiger partial charge in [-0.1, -0.05) is 65.3 Å². The maximum Gasteiger partial charge on any atom is 0.573 e. The van der Waals surface area contributed by atoms with Crippen LogP contribution in [-0.4, -0.2) is 46.6 Å². The number of nitrogens with zero attached hydrogens (tertiary/aromatic N) is 4. The fourth-order valence-electron chi connectivity index (χ4n) is 3.09. The van der Waals surface area contributed by atoms with Gasteiger partial charge in [0, 0.05) is 11.3 Å². The number of hydrogen-bond acceptors (Lipinski definition) is 6. The zero-order chi connectivity index (χ0) is 28.0. The molecule has 200 valence electrons. The second kappa shape index (κ2) is 12.3. The molecule has 0 unspecified atom stereocenters. The molecule has 4 rings (SSSR count). The lowest BCUT2D eigenvalue weighted by atomic mass is 10.1. The van der Waals surface area contributed by atoms with Gasteiger partial charge in [0.2, 0.25) is 0 Å². The number of hydrazone groups is 1. The number of alkyl halides is 3. The summed E-state index contributed by atoms with van der Waals surface area (Å²) in [6.07, 6.45) is -2.03. The van der Waals surface area contributed by atoms with Crippen molar-refractivity contribution in [2.45, 2.75) is 6.36 Å². The first-order chi connectivity index (χ1) is 18.6. The summed E-state index contributed by atoms with van der Waals surface area (Å²) >= 11 is 13.6. The molecule has 3 aromatic carbocycles. The maximum atomic E-state index is 12.3. The highest BCUT2D eigenvalue weighted by Gasteiger charge is 2.31. The van der Waals surface area contributed by atoms with Gasteiger partial charge in [-0.25, -0.2) is 9.98 Å². The van der Waals surface area contributed by atoms with Gasteiger partial charge in [-0.15, -0.1) is 13.2 Å². The van der Waals surface area contributed by atoms with E-state index in [1.807, 2.05) is 0 Å². The van der Waals surface area contributed by atoms with E-state index in [0.717, 1.165) is 12.1 Å². The van der Waals surface area contributed by atoms with E-state index in [1.54, 1.807) is 42.5 Å². The van der Waals surface area contributed by atoms with Gasteiger partial charge in [0.25, 0.3) is 5.91 Å². The number of ether oxygens (including phenoxy) is 1. The summed E-state index contributed by atoms with van der Waals surface area (Å²) in [4.78, 5) is 20.7. The van der Waals surface area contributed by atoms with E-state index in [4.69, 9.17) is 28.6 Å². The van der Waals surface area contributed by atoms with E-state index < -0.39 is 6.36 Å². The molecular weight excluding hydrogens is 576 g/mol. The Morgan fingerprint density at radius 3 is 2.36 bits per heavy atom. The molecule has 0 atom stereocenters. The van der Waals surface area contributed by atoms with Gasteiger partial charge in [0.15, 0.2) is 11.0 Å². The van der Waals surface area contributed by atoms with Crippen LogP contribution in [0.3, 0.4) is 0 Å². The topological polar surface area (TPSA) is 102 Å². The van der Waals surface area contributed by atoms with Gasteiger partial charge in [-0.05, 0) is 42.0 Å². The van der Waals surface area contributed by atoms with Gasteiger partial charge in [-0.3, -0.25) is 10.2 Å². The van der Waals surface area contributed by atoms with Gasteiger partial charge in [-0.2, -0.15) is 10.1 Å². The van der Waals surface area contributed by atoms with Crippen molar-refractivity contribution in [1.82, 2.24) is 5.01 Å². The molecule has 8 nitrogen and oxygen atoms in total. The third-order valence-corrected chi connectivity index (χ3v) is 6.43. The van der Waals surface area contributed by atoms with E-state index in [2.05, 4.69) is 25.1 Å². The van der Waals surface area contributed by atoms with Gasteiger partial charge >= 0.3 is 6.36 Å². The van der Waals surface area contributed by atoms with Crippen molar-refractivity contribution in [2.24, 2.45) is 15.1 Å². The Balaban J connectivity index is 1.36. The molecule has 0 aromatic heterocycles. The molecule has 1 aliphatic rings. The molecular formula is C25H17Cl2F3N6O2S. The third kappa shape index (κ3) is 7.82. The number of amidine groups is 2. The number of anilines is 1. The van der Waals surface area contributed by atoms with Crippen molar-refractivity contribution < 1.29 is 22.7 Å². The first kappa shape index (κ1) is 28.1. The zero-order valence-corrected chi connectivity index (χ0v) is 21.9. The fraction of sp³-hybridized carbons (Fsp3) is 0.0800. The minimum Gasteiger partial charge on any atom is -0.406 e. The molecule has 0 aliphatic carbocycles. The van der Waals surface area contributed by atoms with E-state index in [9.17, 15) is 18.0 Å². The molecule has 14 heteroatoms. The van der Waals surface area contributed by atoms with Crippen LogP contribution in [0.4, 0.5) is 24.5 Å². The number of aliphatic imine (C=N–C) groups is 2. The molecule has 2 N–H and O–H groups in total. The number of para-hydroxylation sites is 1. The SMILES string of the molecule is N=C(/N=C\Nc1ccc(OC(F)(F)F)cc1)c1ccc(/C=N/N2C(=O)CS/C2=N\c2c(Cl)cccc2Cl)cc1. The standard InChI is InChI=1S/C25H17Cl2F3N6O2S/c26-19-2-1-3-20(27)22(19)35-24-36(21(37)13-39-24)34-12-15-4-6-16(7-5-15)23(31)33-14-32-17-8-10-18(11-9-17)38-25(28,29)30/h1-12,14H,13H2,(H2,31,32,33)/b34-12+,35-24-. The summed E-state index contributed by atoms with van der Waals surface area (Å²) < 4.78 is 40.5. The number of amides is 1. The summed E-state index contributed by atoms with van der Waals surface area (Å²) in [5.41, 5.74) is 1.97. The largest absolute Gasteiger partial charge is 0.573 e. The highest BCUT2D eigenvalue weighted by molar-refractivity contribution is 8.15. The van der Waals surface area contributed by atoms with Crippen LogP contribution >= 0.6 is 35.0 Å². The average Bonchev–Trinajstić information content (AvgIpc) is 3.24. The van der Waals surface area contributed by atoms with Crippen molar-refractivity contribution in [3.8, 4) is 5.75 Å². The second-order valence-electron chi connectivity index (χ2n) is 7.65. The Labute approximate surface area is 234 Å². The summed E-state index contributed by atoms with van der Waals surface area (Å²) in [6, 6.07) is 16.8. The highest BCUT2D eigenvalue weighted by atomic mass is 35.5. The molecule has 1 aliphatic heterocycles. The van der Waals surface area contributed by atoms with Crippen LogP contribution < -0.4 is 10.1 Å². The molecule has 39 heavy (non-hydrogen) atoms. The number of rotatable bonds is 7. The van der Waals surface area contributed by atoms with E-state index in [0.29, 0.717) is 37.7 Å². The van der Waals surface area contributed by atoms with Crippen molar-refractivity contribution in [3.05, 3.63) is 87.9 Å². The predicted octanol–water partition coefficient (Wildman–Crippen LogP) is 6.95. The Bertz CT molecular complexity index is 1440. The average molecular weight is 593 g/mol. The Kier molecular flexibility index (Phi) is 8.90. The molecule has 1 fully saturated rings. The minimum absolute atomic E-state index is 0.0554. The first-order valence-corrected chi connectivity index (χ1v) is 12.7. The number of nitrogens with one attached hydrogen (secondary N) is 2. The van der Waals surface area contributed by atoms with Gasteiger partial charge in [0.1, 0.15) is 11.4 Å². The van der Waals surface area contributed by atoms with Crippen LogP contribution in [-0.2, 0) is 4.79 Å². The predicted molar refractivity (Wildman–Crippen MR) is 149 cm³/mol. The van der Waals surface area contributed by atoms with E-state index in [1.165, 1.54) is 41.5 Å². The third-order valence-electron chi connectivity index (χ3n) is 4.91. The van der Waals surface area contributed by atoms with Crippen LogP contribution in [0.15, 0.2) is 81.8 Å². The molecule has 0 saturated carbocycles. The smallest absolute Gasteiger partial charge is 0.406 e. The molecule has 3 aromatic rings. The molecule has 0 bridgehead atoms. The molecule has 0 spiro atoms. The lowest BCUT2D eigenvalue weighted by Gasteiger charge is -2.10. The Hall–Kier alpha value is -3.87. The highest BCUT2D eigenvalue weighted by Crippen LogP contribution is 2.35. The summed E-state index contributed by atoms with van der Waals surface area (Å²) in [5, 5.41) is 17.4. The molecule has 1 heterocycles. The van der Waals surface area contributed by atoms with Crippen LogP contribution in [0.5, 0.6) is 5.75 Å². The quantitative estimate of drug-likeness (QED) is 0.229. The summed E-state index contributed by atoms with van der Waals surface area (Å²) in [6.45, 7) is 0. The number of halogens is 5. The molecule has 0 radical (unpaired) electrons. The van der Waals surface area contributed by atoms with Crippen LogP contribution in [0.2, 0.25) is 10.0 Å². The lowest BCUT2D eigenvalue weighted by Crippen LogP contribution is -2.23. The number of carbonyl (C=O) groups excluding carboxylic acids is 1. The zero-order valence-electron chi connectivity index (χ0n) is 19.6. The maximum absolute atomic E-state index is 12.3. The number of carbonyl (C=O) groups is 1. The first-order valence-electron chi connectivity index (χ1n) is 11.0. The number of thioether (sulfide) groups is 1. The summed E-state index contributed by atoms with van der Waals surface area (Å²) in [5.74, 6) is -0.477. The van der Waals surface area contributed by atoms with Crippen LogP contribution in [0, 0.1) is 5.41 Å². The second-order valence-corrected chi connectivity index (χ2v) is 9.41. The van der Waals surface area contributed by atoms with Crippen molar-refractivity contribution >= 4 is 75.8 Å². The summed E-state index contributed by atoms with van der Waals surface area (Å²) in [7, 11) is 0. The van der Waals surface area contributed by atoms with Crippen LogP contribution in [0.1, 0.15) is 11.1 Å². The van der Waals surface area contributed by atoms with Gasteiger partial charge in [0.05, 0.1) is 28.4 Å². The normalized spacial score (nSPS) is 15.1. The van der Waals surface area contributed by atoms with E-state index in [-0.39, 0.29) is 23.2 Å². The van der Waals surface area contributed by atoms with Crippen molar-refractivity contribution in [2.75, 3.05) is 11.1 Å². The molecule has 1 saturated heterocycles. The Morgan fingerprint density at radius 1 is 1.05 bits per heavy atom. The van der Waals surface area contributed by atoms with E-state index >= 15 is 0 Å². The monoisotopic (exact) mass is 592 g/mol. The van der Waals surface area contributed by atoms with Crippen LogP contribution in [0.25, 0.3) is 0 Å². The van der Waals surface area contributed by atoms with Gasteiger partial charge < -0.3 is 10.1 Å². The van der Waals surface area contributed by atoms with Crippen molar-refractivity contribution in [3.63, 3.8) is 0 Å². The molecule has 1 amide bonds.